The third-order valence-corrected chi connectivity index (χ3v) is 6.15. The average molecular weight is 471 g/mol. The van der Waals surface area contributed by atoms with E-state index in [1.165, 1.54) is 39.0 Å². The van der Waals surface area contributed by atoms with Gasteiger partial charge in [0.25, 0.3) is 0 Å². The Hall–Kier alpha value is -2.68. The van der Waals surface area contributed by atoms with Gasteiger partial charge in [-0.2, -0.15) is 0 Å². The zero-order valence-electron chi connectivity index (χ0n) is 22.8. The fourth-order valence-electron chi connectivity index (χ4n) is 4.25. The normalized spacial score (nSPS) is 13.8. The van der Waals surface area contributed by atoms with E-state index in [2.05, 4.69) is 114 Å². The molecule has 2 atom stereocenters. The number of rotatable bonds is 12. The summed E-state index contributed by atoms with van der Waals surface area (Å²) in [6.07, 6.45) is 14.1. The van der Waals surface area contributed by atoms with Crippen molar-refractivity contribution in [3.05, 3.63) is 106 Å². The maximum atomic E-state index is 6.55. The van der Waals surface area contributed by atoms with Crippen molar-refractivity contribution in [2.45, 2.75) is 85.7 Å². The third kappa shape index (κ3) is 11.1. The van der Waals surface area contributed by atoms with Crippen molar-refractivity contribution >= 4 is 0 Å². The van der Waals surface area contributed by atoms with E-state index in [1.54, 1.807) is 0 Å². The van der Waals surface area contributed by atoms with Gasteiger partial charge in [-0.15, -0.1) is 0 Å². The molecule has 2 aromatic rings. The van der Waals surface area contributed by atoms with E-state index >= 15 is 0 Å². The minimum atomic E-state index is -0.0993. The predicted molar refractivity (Wildman–Crippen MR) is 155 cm³/mol. The fraction of sp³-hybridized carbons (Fsp3) is 0.394. The topological polar surface area (TPSA) is 52.0 Å². The van der Waals surface area contributed by atoms with Crippen LogP contribution in [0.1, 0.15) is 84.4 Å². The maximum absolute atomic E-state index is 6.55. The molecule has 0 radical (unpaired) electrons. The van der Waals surface area contributed by atoms with Crippen molar-refractivity contribution in [2.24, 2.45) is 11.5 Å². The van der Waals surface area contributed by atoms with Crippen LogP contribution in [0, 0.1) is 0 Å². The molecular weight excluding hydrogens is 424 g/mol. The second-order valence-corrected chi connectivity index (χ2v) is 10.4. The van der Waals surface area contributed by atoms with Gasteiger partial charge in [0.2, 0.25) is 0 Å². The third-order valence-electron chi connectivity index (χ3n) is 6.15. The van der Waals surface area contributed by atoms with Crippen LogP contribution in [0.2, 0.25) is 0 Å². The van der Waals surface area contributed by atoms with Crippen LogP contribution in [-0.2, 0) is 6.42 Å². The lowest BCUT2D eigenvalue weighted by Gasteiger charge is -2.13. The van der Waals surface area contributed by atoms with Crippen molar-refractivity contribution in [3.63, 3.8) is 0 Å². The van der Waals surface area contributed by atoms with Crippen molar-refractivity contribution in [1.82, 2.24) is 0 Å². The minimum Gasteiger partial charge on any atom is -0.324 e. The molecule has 0 bridgehead atoms. The molecular formula is C33H46N2. The SMILES string of the molecule is CC(C)=CCC/C(C)=C/C(N)Cc1cccc(-c2cccc(C(N)/C=C(\C)CCC=C(C)C)c2)c1. The van der Waals surface area contributed by atoms with E-state index in [0.29, 0.717) is 0 Å². The number of allylic oxidation sites excluding steroid dienone is 6. The summed E-state index contributed by atoms with van der Waals surface area (Å²) in [5.74, 6) is 0. The van der Waals surface area contributed by atoms with Gasteiger partial charge in [0.1, 0.15) is 0 Å². The van der Waals surface area contributed by atoms with Crippen molar-refractivity contribution in [1.29, 1.82) is 0 Å². The molecule has 0 spiro atoms. The van der Waals surface area contributed by atoms with E-state index in [-0.39, 0.29) is 12.1 Å². The summed E-state index contributed by atoms with van der Waals surface area (Å²) in [4.78, 5) is 0. The Labute approximate surface area is 214 Å². The van der Waals surface area contributed by atoms with Crippen molar-refractivity contribution in [2.75, 3.05) is 0 Å². The number of nitrogens with two attached hydrogens (primary N) is 2. The summed E-state index contributed by atoms with van der Waals surface area (Å²) in [7, 11) is 0. The number of hydrogen-bond acceptors (Lipinski definition) is 2. The summed E-state index contributed by atoms with van der Waals surface area (Å²) in [5.41, 5.74) is 23.2. The van der Waals surface area contributed by atoms with Gasteiger partial charge in [-0.25, -0.2) is 0 Å². The van der Waals surface area contributed by atoms with E-state index in [9.17, 15) is 0 Å². The van der Waals surface area contributed by atoms with Gasteiger partial charge in [0.15, 0.2) is 0 Å². The molecule has 2 nitrogen and oxygen atoms in total. The highest BCUT2D eigenvalue weighted by Crippen LogP contribution is 2.25. The quantitative estimate of drug-likeness (QED) is 0.305. The summed E-state index contributed by atoms with van der Waals surface area (Å²) >= 11 is 0. The molecule has 0 aliphatic rings. The van der Waals surface area contributed by atoms with Crippen LogP contribution in [0.15, 0.2) is 95.1 Å². The molecule has 0 amide bonds. The first kappa shape index (κ1) is 28.6. The van der Waals surface area contributed by atoms with E-state index in [0.717, 1.165) is 37.7 Å². The molecule has 2 heteroatoms. The van der Waals surface area contributed by atoms with Crippen LogP contribution >= 0.6 is 0 Å². The fourth-order valence-corrected chi connectivity index (χ4v) is 4.25. The van der Waals surface area contributed by atoms with Gasteiger partial charge in [-0.05, 0) is 102 Å². The van der Waals surface area contributed by atoms with Crippen LogP contribution in [-0.4, -0.2) is 6.04 Å². The average Bonchev–Trinajstić information content (AvgIpc) is 2.78. The zero-order chi connectivity index (χ0) is 25.8. The van der Waals surface area contributed by atoms with Gasteiger partial charge >= 0.3 is 0 Å². The van der Waals surface area contributed by atoms with E-state index in [4.69, 9.17) is 11.5 Å². The Balaban J connectivity index is 2.08. The summed E-state index contributed by atoms with van der Waals surface area (Å²) in [5, 5.41) is 0. The lowest BCUT2D eigenvalue weighted by Crippen LogP contribution is -2.20. The van der Waals surface area contributed by atoms with E-state index < -0.39 is 0 Å². The minimum absolute atomic E-state index is 0.0242. The highest BCUT2D eigenvalue weighted by Gasteiger charge is 2.08. The lowest BCUT2D eigenvalue weighted by molar-refractivity contribution is 0.793. The molecule has 0 heterocycles. The Kier molecular flexibility index (Phi) is 12.0. The van der Waals surface area contributed by atoms with Crippen LogP contribution in [0.4, 0.5) is 0 Å². The van der Waals surface area contributed by atoms with Crippen LogP contribution < -0.4 is 11.5 Å². The monoisotopic (exact) mass is 470 g/mol. The van der Waals surface area contributed by atoms with Gasteiger partial charge in [0.05, 0.1) is 0 Å². The first-order valence-electron chi connectivity index (χ1n) is 13.0. The highest BCUT2D eigenvalue weighted by atomic mass is 14.6. The molecule has 2 aromatic carbocycles. The molecule has 0 fully saturated rings. The first-order chi connectivity index (χ1) is 16.6. The van der Waals surface area contributed by atoms with Crippen LogP contribution in [0.3, 0.4) is 0 Å². The van der Waals surface area contributed by atoms with Crippen molar-refractivity contribution < 1.29 is 0 Å². The second kappa shape index (κ2) is 14.7. The Morgan fingerprint density at radius 2 is 1.26 bits per heavy atom. The van der Waals surface area contributed by atoms with Gasteiger partial charge in [-0.1, -0.05) is 89.1 Å². The molecule has 0 saturated carbocycles. The molecule has 0 aromatic heterocycles. The standard InChI is InChI=1S/C33H46N2/c1-24(2)11-7-13-26(5)19-32(34)22-28-15-9-16-29(21-28)30-17-10-18-31(23-30)33(35)20-27(6)14-8-12-25(3)4/h9-12,15-21,23,32-33H,7-8,13-14,22,34-35H2,1-6H3/b26-19+,27-20+. The number of benzene rings is 2. The second-order valence-electron chi connectivity index (χ2n) is 10.4. The Bertz CT molecular complexity index is 1060. The van der Waals surface area contributed by atoms with Crippen LogP contribution in [0.5, 0.6) is 0 Å². The first-order valence-corrected chi connectivity index (χ1v) is 13.0. The zero-order valence-corrected chi connectivity index (χ0v) is 22.8. The van der Waals surface area contributed by atoms with E-state index in [1.807, 2.05) is 0 Å². The van der Waals surface area contributed by atoms with Crippen molar-refractivity contribution in [3.8, 4) is 11.1 Å². The molecule has 2 rings (SSSR count). The lowest BCUT2D eigenvalue weighted by atomic mass is 9.95. The smallest absolute Gasteiger partial charge is 0.0483 e. The molecule has 35 heavy (non-hydrogen) atoms. The van der Waals surface area contributed by atoms with Gasteiger partial charge in [-0.3, -0.25) is 0 Å². The molecule has 0 aliphatic carbocycles. The maximum Gasteiger partial charge on any atom is 0.0483 e. The predicted octanol–water partition coefficient (Wildman–Crippen LogP) is 8.61. The number of hydrogen-bond donors (Lipinski definition) is 2. The Morgan fingerprint density at radius 1 is 0.714 bits per heavy atom. The van der Waals surface area contributed by atoms with Gasteiger partial charge in [0, 0.05) is 12.1 Å². The molecule has 2 unspecified atom stereocenters. The van der Waals surface area contributed by atoms with Crippen LogP contribution in [0.25, 0.3) is 11.1 Å². The summed E-state index contributed by atoms with van der Waals surface area (Å²) in [6.45, 7) is 12.9. The molecule has 188 valence electrons. The Morgan fingerprint density at radius 3 is 1.86 bits per heavy atom. The molecule has 4 N–H and O–H groups in total. The summed E-state index contributed by atoms with van der Waals surface area (Å²) < 4.78 is 0. The molecule has 0 saturated heterocycles. The largest absolute Gasteiger partial charge is 0.324 e. The molecule has 0 aliphatic heterocycles. The van der Waals surface area contributed by atoms with Gasteiger partial charge < -0.3 is 11.5 Å². The highest BCUT2D eigenvalue weighted by molar-refractivity contribution is 5.65. The summed E-state index contributed by atoms with van der Waals surface area (Å²) in [6, 6.07) is 17.3.